The highest BCUT2D eigenvalue weighted by Gasteiger charge is 2.49. The summed E-state index contributed by atoms with van der Waals surface area (Å²) in [5.74, 6) is 0. The molecule has 5 N–H and O–H groups in total. The highest BCUT2D eigenvalue weighted by atomic mass is 32.2. The van der Waals surface area contributed by atoms with Crippen molar-refractivity contribution in [3.63, 3.8) is 0 Å². The zero-order valence-corrected chi connectivity index (χ0v) is 15.8. The number of benzene rings is 1. The summed E-state index contributed by atoms with van der Waals surface area (Å²) in [6, 6.07) is 9.36. The Hall–Kier alpha value is -0.750. The van der Waals surface area contributed by atoms with Gasteiger partial charge in [0.25, 0.3) is 0 Å². The minimum absolute atomic E-state index is 0.621. The first-order chi connectivity index (χ1) is 12.8. The van der Waals surface area contributed by atoms with Gasteiger partial charge in [0.05, 0.1) is 12.2 Å². The molecule has 0 amide bonds. The number of aliphatic hydroxyl groups excluding tert-OH is 5. The average molecular weight is 402 g/mol. The number of ether oxygens (including phenoxy) is 3. The Labute approximate surface area is 161 Å². The molecule has 152 valence electrons. The smallest absolute Gasteiger partial charge is 0.187 e. The topological polar surface area (TPSA) is 129 Å². The lowest BCUT2D eigenvalue weighted by Gasteiger charge is -2.45. The van der Waals surface area contributed by atoms with Crippen LogP contribution in [0.4, 0.5) is 0 Å². The number of hydrogen-bond donors (Lipinski definition) is 5. The molecule has 3 rings (SSSR count). The Balaban J connectivity index is 1.78. The van der Waals surface area contributed by atoms with Gasteiger partial charge >= 0.3 is 0 Å². The monoisotopic (exact) mass is 402 g/mol. The van der Waals surface area contributed by atoms with Gasteiger partial charge in [-0.2, -0.15) is 0 Å². The van der Waals surface area contributed by atoms with Crippen molar-refractivity contribution in [3.05, 3.63) is 30.3 Å². The lowest BCUT2D eigenvalue weighted by molar-refractivity contribution is -0.328. The van der Waals surface area contributed by atoms with Gasteiger partial charge in [-0.3, -0.25) is 0 Å². The van der Waals surface area contributed by atoms with Gasteiger partial charge in [-0.1, -0.05) is 30.0 Å². The molecule has 1 aromatic carbocycles. The fourth-order valence-electron chi connectivity index (χ4n) is 3.16. The molecule has 0 radical (unpaired) electrons. The minimum Gasteiger partial charge on any atom is -0.388 e. The van der Waals surface area contributed by atoms with Crippen LogP contribution in [0.2, 0.25) is 0 Å². The van der Waals surface area contributed by atoms with E-state index in [1.807, 2.05) is 30.3 Å². The third-order valence-corrected chi connectivity index (χ3v) is 6.04. The molecule has 0 spiro atoms. The molecule has 2 aliphatic rings. The first-order valence-corrected chi connectivity index (χ1v) is 9.76. The van der Waals surface area contributed by atoms with Gasteiger partial charge in [-0.15, -0.1) is 0 Å². The summed E-state index contributed by atoms with van der Waals surface area (Å²) in [5, 5.41) is 50.7. The molecule has 8 nitrogen and oxygen atoms in total. The second-order valence-electron chi connectivity index (χ2n) is 6.90. The van der Waals surface area contributed by atoms with Crippen LogP contribution in [0.1, 0.15) is 13.8 Å². The Bertz CT molecular complexity index is 604. The van der Waals surface area contributed by atoms with Crippen molar-refractivity contribution in [2.75, 3.05) is 0 Å². The molecule has 2 saturated heterocycles. The molecule has 10 atom stereocenters. The zero-order chi connectivity index (χ0) is 19.7. The summed E-state index contributed by atoms with van der Waals surface area (Å²) in [4.78, 5) is 0.876. The van der Waals surface area contributed by atoms with Gasteiger partial charge in [-0.25, -0.2) is 0 Å². The van der Waals surface area contributed by atoms with Crippen LogP contribution in [-0.4, -0.2) is 86.1 Å². The van der Waals surface area contributed by atoms with E-state index in [1.165, 1.54) is 18.7 Å². The van der Waals surface area contributed by atoms with E-state index in [1.54, 1.807) is 6.92 Å². The van der Waals surface area contributed by atoms with Crippen LogP contribution in [0.15, 0.2) is 35.2 Å². The SMILES string of the molecule is CC1O[C@@H](OC2C(O)[C@@H](O)C(C)O[C@H]2Sc2ccccc2)C(O)C(O)[C@H]1O. The second-order valence-corrected chi connectivity index (χ2v) is 8.08. The highest BCUT2D eigenvalue weighted by Crippen LogP contribution is 2.36. The van der Waals surface area contributed by atoms with E-state index in [4.69, 9.17) is 14.2 Å². The number of aliphatic hydroxyl groups is 5. The van der Waals surface area contributed by atoms with Gasteiger partial charge in [0, 0.05) is 4.90 Å². The van der Waals surface area contributed by atoms with Crippen molar-refractivity contribution >= 4 is 11.8 Å². The van der Waals surface area contributed by atoms with Crippen LogP contribution in [-0.2, 0) is 14.2 Å². The van der Waals surface area contributed by atoms with Crippen molar-refractivity contribution in [2.24, 2.45) is 0 Å². The second kappa shape index (κ2) is 8.73. The van der Waals surface area contributed by atoms with Crippen molar-refractivity contribution < 1.29 is 39.7 Å². The Kier molecular flexibility index (Phi) is 6.78. The van der Waals surface area contributed by atoms with Crippen molar-refractivity contribution in [1.29, 1.82) is 0 Å². The lowest BCUT2D eigenvalue weighted by atomic mass is 9.98. The maximum absolute atomic E-state index is 10.5. The first-order valence-electron chi connectivity index (χ1n) is 8.88. The number of thioether (sulfide) groups is 1. The van der Waals surface area contributed by atoms with E-state index in [0.717, 1.165) is 4.90 Å². The molecule has 1 aromatic rings. The standard InChI is InChI=1S/C18H26O8S/c1-8-11(19)13(21)15(23)17(24-8)26-16-14(22)12(20)9(2)25-18(16)27-10-6-4-3-5-7-10/h3-9,11-23H,1-2H3/t8?,9?,11-,12-,13?,14?,15?,16?,17-,18-/m0/s1. The highest BCUT2D eigenvalue weighted by molar-refractivity contribution is 7.99. The molecule has 2 heterocycles. The van der Waals surface area contributed by atoms with Crippen molar-refractivity contribution in [2.45, 2.75) is 79.3 Å². The van der Waals surface area contributed by atoms with Crippen LogP contribution < -0.4 is 0 Å². The molecule has 27 heavy (non-hydrogen) atoms. The fourth-order valence-corrected chi connectivity index (χ4v) is 4.33. The predicted octanol–water partition coefficient (Wildman–Crippen LogP) is -0.542. The van der Waals surface area contributed by atoms with Gasteiger partial charge in [0.15, 0.2) is 6.29 Å². The number of rotatable bonds is 4. The Morgan fingerprint density at radius 1 is 0.778 bits per heavy atom. The normalized spacial score (nSPS) is 45.6. The molecule has 0 aromatic heterocycles. The molecule has 0 saturated carbocycles. The molecule has 9 heteroatoms. The van der Waals surface area contributed by atoms with Gasteiger partial charge < -0.3 is 39.7 Å². The summed E-state index contributed by atoms with van der Waals surface area (Å²) < 4.78 is 17.0. The van der Waals surface area contributed by atoms with E-state index in [0.29, 0.717) is 0 Å². The van der Waals surface area contributed by atoms with Crippen LogP contribution >= 0.6 is 11.8 Å². The molecule has 2 fully saturated rings. The van der Waals surface area contributed by atoms with E-state index in [2.05, 4.69) is 0 Å². The maximum atomic E-state index is 10.5. The fraction of sp³-hybridized carbons (Fsp3) is 0.667. The average Bonchev–Trinajstić information content (AvgIpc) is 2.66. The largest absolute Gasteiger partial charge is 0.388 e. The van der Waals surface area contributed by atoms with Crippen LogP contribution in [0.5, 0.6) is 0 Å². The number of hydrogen-bond acceptors (Lipinski definition) is 9. The van der Waals surface area contributed by atoms with E-state index in [-0.39, 0.29) is 0 Å². The molecule has 2 aliphatic heterocycles. The molecule has 6 unspecified atom stereocenters. The van der Waals surface area contributed by atoms with E-state index < -0.39 is 60.6 Å². The van der Waals surface area contributed by atoms with Crippen LogP contribution in [0, 0.1) is 0 Å². The molecular weight excluding hydrogens is 376 g/mol. The molecular formula is C18H26O8S. The maximum Gasteiger partial charge on any atom is 0.187 e. The van der Waals surface area contributed by atoms with Crippen LogP contribution in [0.3, 0.4) is 0 Å². The van der Waals surface area contributed by atoms with Crippen molar-refractivity contribution in [1.82, 2.24) is 0 Å². The van der Waals surface area contributed by atoms with Gasteiger partial charge in [0.1, 0.15) is 42.1 Å². The Morgan fingerprint density at radius 3 is 2.04 bits per heavy atom. The first kappa shape index (κ1) is 21.0. The predicted molar refractivity (Wildman–Crippen MR) is 95.9 cm³/mol. The zero-order valence-electron chi connectivity index (χ0n) is 15.0. The van der Waals surface area contributed by atoms with Crippen molar-refractivity contribution in [3.8, 4) is 0 Å². The third kappa shape index (κ3) is 4.47. The van der Waals surface area contributed by atoms with Gasteiger partial charge in [-0.05, 0) is 26.0 Å². The molecule has 0 bridgehead atoms. The van der Waals surface area contributed by atoms with Crippen LogP contribution in [0.25, 0.3) is 0 Å². The lowest BCUT2D eigenvalue weighted by Crippen LogP contribution is -2.62. The summed E-state index contributed by atoms with van der Waals surface area (Å²) in [6.07, 6.45) is -10.4. The summed E-state index contributed by atoms with van der Waals surface area (Å²) in [7, 11) is 0. The summed E-state index contributed by atoms with van der Waals surface area (Å²) >= 11 is 1.31. The van der Waals surface area contributed by atoms with E-state index >= 15 is 0 Å². The minimum atomic E-state index is -1.51. The summed E-state index contributed by atoms with van der Waals surface area (Å²) in [6.45, 7) is 3.19. The molecule has 0 aliphatic carbocycles. The quantitative estimate of drug-likeness (QED) is 0.451. The summed E-state index contributed by atoms with van der Waals surface area (Å²) in [5.41, 5.74) is -0.684. The van der Waals surface area contributed by atoms with E-state index in [9.17, 15) is 25.5 Å². The Morgan fingerprint density at radius 2 is 1.37 bits per heavy atom. The third-order valence-electron chi connectivity index (χ3n) is 4.88. The van der Waals surface area contributed by atoms with Gasteiger partial charge in [0.2, 0.25) is 0 Å².